The molecule has 3 N–H and O–H groups in total. The van der Waals surface area contributed by atoms with E-state index in [1.165, 1.54) is 5.57 Å². The fourth-order valence-corrected chi connectivity index (χ4v) is 8.94. The molecule has 1 saturated heterocycles. The Morgan fingerprint density at radius 2 is 1.47 bits per heavy atom. The highest BCUT2D eigenvalue weighted by Crippen LogP contribution is 2.59. The fraction of sp³-hybridized carbons (Fsp3) is 0.933. The van der Waals surface area contributed by atoms with E-state index < -0.39 is 22.9 Å². The molecule has 9 atom stereocenters. The lowest BCUT2D eigenvalue weighted by atomic mass is 9.56. The lowest BCUT2D eigenvalue weighted by Crippen LogP contribution is -2.56. The summed E-state index contributed by atoms with van der Waals surface area (Å²) in [7, 11) is 0. The third-order valence-electron chi connectivity index (χ3n) is 11.3. The van der Waals surface area contributed by atoms with Gasteiger partial charge in [0.05, 0.1) is 29.0 Å². The number of rotatable bonds is 2. The van der Waals surface area contributed by atoms with Crippen molar-refractivity contribution in [2.24, 2.45) is 34.5 Å². The predicted molar refractivity (Wildman–Crippen MR) is 137 cm³/mol. The van der Waals surface area contributed by atoms with Gasteiger partial charge in [-0.05, 0) is 120 Å². The van der Waals surface area contributed by atoms with Crippen molar-refractivity contribution < 1.29 is 20.1 Å². The van der Waals surface area contributed by atoms with Crippen molar-refractivity contribution in [3.63, 3.8) is 0 Å². The summed E-state index contributed by atoms with van der Waals surface area (Å²) in [5, 5.41) is 33.5. The summed E-state index contributed by atoms with van der Waals surface area (Å²) in [4.78, 5) is 0. The Kier molecular flexibility index (Phi) is 6.71. The highest BCUT2D eigenvalue weighted by molar-refractivity contribution is 5.22. The van der Waals surface area contributed by atoms with Crippen LogP contribution in [0.4, 0.5) is 0 Å². The number of hydrogen-bond acceptors (Lipinski definition) is 4. The Balaban J connectivity index is 1.66. The molecule has 0 aromatic carbocycles. The molecular formula is C30H52O4. The van der Waals surface area contributed by atoms with E-state index in [1.54, 1.807) is 0 Å². The molecule has 3 aliphatic carbocycles. The summed E-state index contributed by atoms with van der Waals surface area (Å²) in [6.45, 7) is 17.6. The zero-order valence-corrected chi connectivity index (χ0v) is 23.2. The van der Waals surface area contributed by atoms with E-state index in [1.807, 2.05) is 20.8 Å². The molecule has 0 aromatic heterocycles. The standard InChI is InChI=1S/C30H52O4/c1-19-9-10-22-21(13-17-29(22,7)32)26(2,3)20(19)11-12-23-28(6)16-14-24(31)27(4,5)34-25(28)15-18-30(23,8)33/h11,19,21-25,31-33H,9-10,12-18H2,1-8H3/t19?,21-,22-,23-,24-,25-,28-,29-,30+/m1/s1. The molecule has 0 spiro atoms. The molecule has 0 radical (unpaired) electrons. The van der Waals surface area contributed by atoms with Crippen LogP contribution in [0.2, 0.25) is 0 Å². The average molecular weight is 477 g/mol. The molecule has 0 aromatic rings. The molecule has 4 nitrogen and oxygen atoms in total. The smallest absolute Gasteiger partial charge is 0.0888 e. The Hall–Kier alpha value is -0.420. The van der Waals surface area contributed by atoms with Crippen molar-refractivity contribution in [2.45, 2.75) is 142 Å². The number of hydrogen-bond donors (Lipinski definition) is 3. The maximum atomic E-state index is 11.6. The van der Waals surface area contributed by atoms with Crippen LogP contribution in [-0.2, 0) is 4.74 Å². The van der Waals surface area contributed by atoms with Crippen LogP contribution >= 0.6 is 0 Å². The van der Waals surface area contributed by atoms with Gasteiger partial charge in [0.2, 0.25) is 0 Å². The van der Waals surface area contributed by atoms with E-state index in [-0.39, 0.29) is 22.9 Å². The second-order valence-electron chi connectivity index (χ2n) is 14.4. The summed E-state index contributed by atoms with van der Waals surface area (Å²) in [6.07, 6.45) is 10.3. The maximum absolute atomic E-state index is 11.6. The van der Waals surface area contributed by atoms with E-state index in [4.69, 9.17) is 4.74 Å². The third-order valence-corrected chi connectivity index (χ3v) is 11.3. The van der Waals surface area contributed by atoms with Crippen LogP contribution in [0, 0.1) is 34.5 Å². The molecule has 0 bridgehead atoms. The van der Waals surface area contributed by atoms with Crippen molar-refractivity contribution in [2.75, 3.05) is 0 Å². The highest BCUT2D eigenvalue weighted by atomic mass is 16.5. The third kappa shape index (κ3) is 4.33. The number of fused-ring (bicyclic) bond motifs is 2. The Morgan fingerprint density at radius 3 is 2.15 bits per heavy atom. The molecule has 34 heavy (non-hydrogen) atoms. The number of ether oxygens (including phenoxy) is 1. The summed E-state index contributed by atoms with van der Waals surface area (Å²) >= 11 is 0. The van der Waals surface area contributed by atoms with Crippen LogP contribution in [-0.4, -0.2) is 44.3 Å². The minimum Gasteiger partial charge on any atom is -0.390 e. The molecule has 3 saturated carbocycles. The summed E-state index contributed by atoms with van der Waals surface area (Å²) in [5.41, 5.74) is -0.459. The maximum Gasteiger partial charge on any atom is 0.0888 e. The van der Waals surface area contributed by atoms with Gasteiger partial charge in [0.15, 0.2) is 0 Å². The van der Waals surface area contributed by atoms with Crippen LogP contribution in [0.3, 0.4) is 0 Å². The van der Waals surface area contributed by atoms with Gasteiger partial charge >= 0.3 is 0 Å². The number of allylic oxidation sites excluding steroid dienone is 2. The Labute approximate surface area is 208 Å². The van der Waals surface area contributed by atoms with Gasteiger partial charge in [-0.25, -0.2) is 0 Å². The average Bonchev–Trinajstić information content (AvgIpc) is 2.93. The SMILES string of the molecule is CC1CC[C@@H]2[C@@H](CC[C@@]2(C)O)C(C)(C)C1=CC[C@@H]1[C@@]2(C)CC[C@@H](O)C(C)(C)O[C@@H]2CC[C@]1(C)O. The molecule has 4 fully saturated rings. The molecule has 1 unspecified atom stereocenters. The first kappa shape index (κ1) is 26.6. The van der Waals surface area contributed by atoms with Crippen molar-refractivity contribution in [1.29, 1.82) is 0 Å². The number of aliphatic hydroxyl groups is 3. The summed E-state index contributed by atoms with van der Waals surface area (Å²) in [6, 6.07) is 0. The zero-order valence-electron chi connectivity index (χ0n) is 23.2. The van der Waals surface area contributed by atoms with Crippen LogP contribution in [0.25, 0.3) is 0 Å². The summed E-state index contributed by atoms with van der Waals surface area (Å²) in [5.74, 6) is 1.45. The van der Waals surface area contributed by atoms with Crippen LogP contribution < -0.4 is 0 Å². The zero-order chi connectivity index (χ0) is 25.3. The molecule has 4 rings (SSSR count). The largest absolute Gasteiger partial charge is 0.390 e. The minimum absolute atomic E-state index is 0.0417. The molecule has 4 heteroatoms. The topological polar surface area (TPSA) is 69.9 Å². The van der Waals surface area contributed by atoms with Crippen molar-refractivity contribution >= 4 is 0 Å². The Morgan fingerprint density at radius 1 is 0.824 bits per heavy atom. The lowest BCUT2D eigenvalue weighted by Gasteiger charge is -2.54. The molecule has 1 aliphatic heterocycles. The second-order valence-corrected chi connectivity index (χ2v) is 14.4. The first-order valence-corrected chi connectivity index (χ1v) is 14.0. The lowest BCUT2D eigenvalue weighted by molar-refractivity contribution is -0.203. The van der Waals surface area contributed by atoms with Gasteiger partial charge in [0.1, 0.15) is 0 Å². The molecule has 4 aliphatic rings. The second kappa shape index (κ2) is 8.57. The van der Waals surface area contributed by atoms with Crippen molar-refractivity contribution in [1.82, 2.24) is 0 Å². The fourth-order valence-electron chi connectivity index (χ4n) is 8.94. The van der Waals surface area contributed by atoms with Crippen molar-refractivity contribution in [3.05, 3.63) is 11.6 Å². The van der Waals surface area contributed by atoms with Crippen LogP contribution in [0.15, 0.2) is 11.6 Å². The van der Waals surface area contributed by atoms with E-state index in [2.05, 4.69) is 40.7 Å². The van der Waals surface area contributed by atoms with E-state index >= 15 is 0 Å². The van der Waals surface area contributed by atoms with Gasteiger partial charge in [-0.1, -0.05) is 39.3 Å². The summed E-state index contributed by atoms with van der Waals surface area (Å²) < 4.78 is 6.59. The quantitative estimate of drug-likeness (QED) is 0.426. The van der Waals surface area contributed by atoms with Crippen LogP contribution in [0.5, 0.6) is 0 Å². The highest BCUT2D eigenvalue weighted by Gasteiger charge is 2.57. The van der Waals surface area contributed by atoms with Gasteiger partial charge in [0.25, 0.3) is 0 Å². The van der Waals surface area contributed by atoms with E-state index in [0.717, 1.165) is 51.4 Å². The first-order chi connectivity index (χ1) is 15.5. The van der Waals surface area contributed by atoms with Gasteiger partial charge in [-0.15, -0.1) is 0 Å². The molecule has 196 valence electrons. The Bertz CT molecular complexity index is 794. The molecule has 0 amide bonds. The first-order valence-electron chi connectivity index (χ1n) is 14.0. The van der Waals surface area contributed by atoms with E-state index in [0.29, 0.717) is 24.2 Å². The normalized spacial score (nSPS) is 51.9. The van der Waals surface area contributed by atoms with Gasteiger partial charge in [-0.3, -0.25) is 0 Å². The van der Waals surface area contributed by atoms with Crippen LogP contribution in [0.1, 0.15) is 113 Å². The molecule has 1 heterocycles. The molecular weight excluding hydrogens is 424 g/mol. The minimum atomic E-state index is -0.747. The van der Waals surface area contributed by atoms with Gasteiger partial charge in [-0.2, -0.15) is 0 Å². The van der Waals surface area contributed by atoms with Gasteiger partial charge in [0, 0.05) is 0 Å². The van der Waals surface area contributed by atoms with E-state index in [9.17, 15) is 15.3 Å². The monoisotopic (exact) mass is 476 g/mol. The predicted octanol–water partition coefficient (Wildman–Crippen LogP) is 6.02. The number of aliphatic hydroxyl groups excluding tert-OH is 1. The van der Waals surface area contributed by atoms with Crippen molar-refractivity contribution in [3.8, 4) is 0 Å². The van der Waals surface area contributed by atoms with Gasteiger partial charge < -0.3 is 20.1 Å².